The van der Waals surface area contributed by atoms with Crippen molar-refractivity contribution < 1.29 is 9.47 Å². The molecule has 4 heteroatoms. The second-order valence-electron chi connectivity index (χ2n) is 3.68. The standard InChI is InChI=1S/C12H20N2O2/c1-14(8-7-13)9-10-5-4-6-11(15-2)12(10)16-3/h4-6H,7-9,13H2,1-3H3. The van der Waals surface area contributed by atoms with E-state index < -0.39 is 0 Å². The van der Waals surface area contributed by atoms with Crippen molar-refractivity contribution in [3.63, 3.8) is 0 Å². The molecule has 0 aliphatic rings. The number of methoxy groups -OCH3 is 2. The lowest BCUT2D eigenvalue weighted by molar-refractivity contribution is 0.315. The molecule has 0 saturated heterocycles. The van der Waals surface area contributed by atoms with Crippen LogP contribution in [0, 0.1) is 0 Å². The first-order valence-electron chi connectivity index (χ1n) is 5.31. The maximum Gasteiger partial charge on any atom is 0.165 e. The van der Waals surface area contributed by atoms with E-state index in [0.29, 0.717) is 6.54 Å². The Bertz CT molecular complexity index is 329. The Labute approximate surface area is 96.9 Å². The molecule has 0 bridgehead atoms. The number of nitrogens with zero attached hydrogens (tertiary/aromatic N) is 1. The summed E-state index contributed by atoms with van der Waals surface area (Å²) in [6.45, 7) is 2.32. The molecule has 0 unspecified atom stereocenters. The Hall–Kier alpha value is -1.26. The molecule has 0 aliphatic carbocycles. The summed E-state index contributed by atoms with van der Waals surface area (Å²) in [6, 6.07) is 5.90. The molecule has 0 amide bonds. The molecule has 16 heavy (non-hydrogen) atoms. The number of nitrogens with two attached hydrogens (primary N) is 1. The summed E-state index contributed by atoms with van der Waals surface area (Å²) in [7, 11) is 5.33. The van der Waals surface area contributed by atoms with E-state index in [-0.39, 0.29) is 0 Å². The smallest absolute Gasteiger partial charge is 0.165 e. The predicted molar refractivity (Wildman–Crippen MR) is 64.9 cm³/mol. The number of hydrogen-bond donors (Lipinski definition) is 1. The minimum Gasteiger partial charge on any atom is -0.493 e. The Morgan fingerprint density at radius 2 is 2.00 bits per heavy atom. The van der Waals surface area contributed by atoms with Crippen LogP contribution in [0.25, 0.3) is 0 Å². The van der Waals surface area contributed by atoms with E-state index in [4.69, 9.17) is 15.2 Å². The largest absolute Gasteiger partial charge is 0.493 e. The first-order valence-corrected chi connectivity index (χ1v) is 5.31. The van der Waals surface area contributed by atoms with Gasteiger partial charge < -0.3 is 20.1 Å². The lowest BCUT2D eigenvalue weighted by Crippen LogP contribution is -2.25. The predicted octanol–water partition coefficient (Wildman–Crippen LogP) is 1.09. The summed E-state index contributed by atoms with van der Waals surface area (Å²) in [5, 5.41) is 0. The summed E-state index contributed by atoms with van der Waals surface area (Å²) >= 11 is 0. The maximum atomic E-state index is 5.51. The number of para-hydroxylation sites is 1. The lowest BCUT2D eigenvalue weighted by atomic mass is 10.1. The maximum absolute atomic E-state index is 5.51. The van der Waals surface area contributed by atoms with E-state index in [9.17, 15) is 0 Å². The highest BCUT2D eigenvalue weighted by Gasteiger charge is 2.10. The molecule has 0 fully saturated rings. The summed E-state index contributed by atoms with van der Waals surface area (Å²) < 4.78 is 10.6. The van der Waals surface area contributed by atoms with E-state index >= 15 is 0 Å². The van der Waals surface area contributed by atoms with E-state index in [1.54, 1.807) is 14.2 Å². The molecule has 4 nitrogen and oxygen atoms in total. The molecule has 0 heterocycles. The quantitative estimate of drug-likeness (QED) is 0.786. The fourth-order valence-electron chi connectivity index (χ4n) is 1.67. The van der Waals surface area contributed by atoms with Crippen molar-refractivity contribution in [2.24, 2.45) is 5.73 Å². The zero-order valence-corrected chi connectivity index (χ0v) is 10.2. The van der Waals surface area contributed by atoms with E-state index in [0.717, 1.165) is 30.2 Å². The van der Waals surface area contributed by atoms with Crippen LogP contribution < -0.4 is 15.2 Å². The first-order chi connectivity index (χ1) is 7.72. The zero-order chi connectivity index (χ0) is 12.0. The van der Waals surface area contributed by atoms with Crippen LogP contribution in [-0.2, 0) is 6.54 Å². The molecule has 0 saturated carbocycles. The molecule has 0 radical (unpaired) electrons. The van der Waals surface area contributed by atoms with Crippen LogP contribution in [0.4, 0.5) is 0 Å². The van der Waals surface area contributed by atoms with Crippen LogP contribution in [0.3, 0.4) is 0 Å². The van der Waals surface area contributed by atoms with E-state index in [2.05, 4.69) is 4.90 Å². The molecule has 0 aliphatic heterocycles. The summed E-state index contributed by atoms with van der Waals surface area (Å²) in [5.41, 5.74) is 6.62. The second kappa shape index (κ2) is 6.35. The van der Waals surface area contributed by atoms with Crippen LogP contribution in [0.1, 0.15) is 5.56 Å². The van der Waals surface area contributed by atoms with Gasteiger partial charge >= 0.3 is 0 Å². The number of hydrogen-bond acceptors (Lipinski definition) is 4. The fourth-order valence-corrected chi connectivity index (χ4v) is 1.67. The Morgan fingerprint density at radius 1 is 1.25 bits per heavy atom. The molecule has 1 aromatic rings. The van der Waals surface area contributed by atoms with Gasteiger partial charge in [0.1, 0.15) is 0 Å². The van der Waals surface area contributed by atoms with Gasteiger partial charge in [0.05, 0.1) is 14.2 Å². The van der Waals surface area contributed by atoms with Crippen LogP contribution in [-0.4, -0.2) is 39.3 Å². The Kier molecular flexibility index (Phi) is 5.08. The highest BCUT2D eigenvalue weighted by molar-refractivity contribution is 5.46. The van der Waals surface area contributed by atoms with Crippen molar-refractivity contribution in [2.45, 2.75) is 6.54 Å². The zero-order valence-electron chi connectivity index (χ0n) is 10.2. The molecular weight excluding hydrogens is 204 g/mol. The van der Waals surface area contributed by atoms with Gasteiger partial charge in [-0.1, -0.05) is 12.1 Å². The Morgan fingerprint density at radius 3 is 2.56 bits per heavy atom. The molecule has 2 N–H and O–H groups in total. The van der Waals surface area contributed by atoms with Crippen molar-refractivity contribution in [3.05, 3.63) is 23.8 Å². The summed E-state index contributed by atoms with van der Waals surface area (Å²) in [6.07, 6.45) is 0. The summed E-state index contributed by atoms with van der Waals surface area (Å²) in [5.74, 6) is 1.56. The number of rotatable bonds is 6. The van der Waals surface area contributed by atoms with Gasteiger partial charge in [-0.3, -0.25) is 0 Å². The highest BCUT2D eigenvalue weighted by Crippen LogP contribution is 2.31. The molecule has 1 rings (SSSR count). The van der Waals surface area contributed by atoms with Crippen molar-refractivity contribution in [1.29, 1.82) is 0 Å². The topological polar surface area (TPSA) is 47.7 Å². The van der Waals surface area contributed by atoms with E-state index in [1.807, 2.05) is 25.2 Å². The molecule has 1 aromatic carbocycles. The van der Waals surface area contributed by atoms with Crippen molar-refractivity contribution in [1.82, 2.24) is 4.90 Å². The monoisotopic (exact) mass is 224 g/mol. The molecule has 0 aromatic heterocycles. The SMILES string of the molecule is COc1cccc(CN(C)CCN)c1OC. The van der Waals surface area contributed by atoms with Crippen LogP contribution in [0.2, 0.25) is 0 Å². The van der Waals surface area contributed by atoms with Crippen LogP contribution in [0.15, 0.2) is 18.2 Å². The number of likely N-dealkylation sites (N-methyl/N-ethyl adjacent to an activating group) is 1. The van der Waals surface area contributed by atoms with Gasteiger partial charge in [-0.2, -0.15) is 0 Å². The minimum atomic E-state index is 0.656. The average Bonchev–Trinajstić information content (AvgIpc) is 2.29. The lowest BCUT2D eigenvalue weighted by Gasteiger charge is -2.18. The normalized spacial score (nSPS) is 10.6. The highest BCUT2D eigenvalue weighted by atomic mass is 16.5. The van der Waals surface area contributed by atoms with Gasteiger partial charge in [0.15, 0.2) is 11.5 Å². The third-order valence-electron chi connectivity index (χ3n) is 2.44. The van der Waals surface area contributed by atoms with Crippen molar-refractivity contribution in [2.75, 3.05) is 34.4 Å². The minimum absolute atomic E-state index is 0.656. The second-order valence-corrected chi connectivity index (χ2v) is 3.68. The third kappa shape index (κ3) is 3.12. The molecule has 90 valence electrons. The molecular formula is C12H20N2O2. The van der Waals surface area contributed by atoms with Gasteiger partial charge in [0.2, 0.25) is 0 Å². The number of ether oxygens (including phenoxy) is 2. The van der Waals surface area contributed by atoms with Crippen LogP contribution in [0.5, 0.6) is 11.5 Å². The van der Waals surface area contributed by atoms with Gasteiger partial charge in [0.25, 0.3) is 0 Å². The third-order valence-corrected chi connectivity index (χ3v) is 2.44. The number of benzene rings is 1. The first kappa shape index (κ1) is 12.8. The average molecular weight is 224 g/mol. The van der Waals surface area contributed by atoms with Gasteiger partial charge in [-0.25, -0.2) is 0 Å². The van der Waals surface area contributed by atoms with Crippen LogP contribution >= 0.6 is 0 Å². The van der Waals surface area contributed by atoms with Gasteiger partial charge in [-0.15, -0.1) is 0 Å². The van der Waals surface area contributed by atoms with E-state index in [1.165, 1.54) is 0 Å². The van der Waals surface area contributed by atoms with Crippen molar-refractivity contribution in [3.8, 4) is 11.5 Å². The van der Waals surface area contributed by atoms with Crippen molar-refractivity contribution >= 4 is 0 Å². The van der Waals surface area contributed by atoms with Gasteiger partial charge in [-0.05, 0) is 13.1 Å². The van der Waals surface area contributed by atoms with Gasteiger partial charge in [0, 0.05) is 25.2 Å². The summed E-state index contributed by atoms with van der Waals surface area (Å²) in [4.78, 5) is 2.15. The fraction of sp³-hybridized carbons (Fsp3) is 0.500. The molecule has 0 spiro atoms. The Balaban J connectivity index is 2.86. The molecule has 0 atom stereocenters.